The fourth-order valence-electron chi connectivity index (χ4n) is 6.10. The van der Waals surface area contributed by atoms with E-state index in [0.29, 0.717) is 5.56 Å². The van der Waals surface area contributed by atoms with Crippen LogP contribution in [0, 0.1) is 12.7 Å². The summed E-state index contributed by atoms with van der Waals surface area (Å²) < 4.78 is 33.9. The normalized spacial score (nSPS) is 17.8. The lowest BCUT2D eigenvalue weighted by molar-refractivity contribution is -0.144. The zero-order valence-corrected chi connectivity index (χ0v) is 29.6. The number of ether oxygens (including phenoxy) is 2. The lowest BCUT2D eigenvalue weighted by Gasteiger charge is -2.46. The molecule has 4 rings (SSSR count). The molecule has 0 aliphatic carbocycles. The number of amides is 2. The Balaban J connectivity index is 1.62. The third-order valence-corrected chi connectivity index (χ3v) is 13.4. The van der Waals surface area contributed by atoms with Crippen LogP contribution in [0.25, 0.3) is 0 Å². The van der Waals surface area contributed by atoms with Crippen molar-refractivity contribution in [3.05, 3.63) is 95.8 Å². The van der Waals surface area contributed by atoms with Gasteiger partial charge in [0.05, 0.1) is 31.3 Å². The molecule has 248 valence electrons. The second-order valence-electron chi connectivity index (χ2n) is 14.7. The Morgan fingerprint density at radius 1 is 0.913 bits per heavy atom. The molecule has 0 aromatic heterocycles. The van der Waals surface area contributed by atoms with Crippen LogP contribution >= 0.6 is 0 Å². The summed E-state index contributed by atoms with van der Waals surface area (Å²) in [6, 6.07) is 25.0. The summed E-state index contributed by atoms with van der Waals surface area (Å²) >= 11 is 0. The number of halogens is 1. The first-order valence-corrected chi connectivity index (χ1v) is 17.8. The van der Waals surface area contributed by atoms with Crippen molar-refractivity contribution in [2.75, 3.05) is 19.8 Å². The molecule has 2 atom stereocenters. The smallest absolute Gasteiger partial charge is 0.410 e. The van der Waals surface area contributed by atoms with Crippen LogP contribution < -0.4 is 15.7 Å². The Morgan fingerprint density at radius 2 is 1.48 bits per heavy atom. The summed E-state index contributed by atoms with van der Waals surface area (Å²) in [4.78, 5) is 28.8. The van der Waals surface area contributed by atoms with Crippen LogP contribution in [-0.4, -0.2) is 62.7 Å². The van der Waals surface area contributed by atoms with Crippen molar-refractivity contribution in [1.82, 2.24) is 10.2 Å². The Kier molecular flexibility index (Phi) is 10.5. The highest BCUT2D eigenvalue weighted by Crippen LogP contribution is 2.37. The van der Waals surface area contributed by atoms with Gasteiger partial charge in [0, 0.05) is 5.56 Å². The van der Waals surface area contributed by atoms with E-state index in [9.17, 15) is 14.0 Å². The second kappa shape index (κ2) is 13.7. The van der Waals surface area contributed by atoms with Gasteiger partial charge in [0.25, 0.3) is 14.2 Å². The molecule has 9 heteroatoms. The van der Waals surface area contributed by atoms with E-state index in [4.69, 9.17) is 13.9 Å². The summed E-state index contributed by atoms with van der Waals surface area (Å²) in [6.07, 6.45) is -1.53. The number of benzene rings is 3. The average molecular weight is 649 g/mol. The molecule has 1 N–H and O–H groups in total. The topological polar surface area (TPSA) is 77.1 Å². The molecule has 7 nitrogen and oxygen atoms in total. The summed E-state index contributed by atoms with van der Waals surface area (Å²) in [5, 5.41) is 4.92. The van der Waals surface area contributed by atoms with E-state index < -0.39 is 49.4 Å². The van der Waals surface area contributed by atoms with E-state index in [0.717, 1.165) is 15.9 Å². The number of aryl methyl sites for hydroxylation is 1. The van der Waals surface area contributed by atoms with Crippen molar-refractivity contribution >= 4 is 30.7 Å². The number of nitrogens with zero attached hydrogens (tertiary/aromatic N) is 1. The number of hydrogen-bond donors (Lipinski definition) is 1. The van der Waals surface area contributed by atoms with Crippen LogP contribution in [0.5, 0.6) is 0 Å². The van der Waals surface area contributed by atoms with Crippen molar-refractivity contribution in [1.29, 1.82) is 0 Å². The third kappa shape index (κ3) is 7.87. The molecule has 2 amide bonds. The molecule has 0 bridgehead atoms. The first-order valence-electron chi connectivity index (χ1n) is 15.9. The summed E-state index contributed by atoms with van der Waals surface area (Å²) in [5.41, 5.74) is -0.610. The van der Waals surface area contributed by atoms with E-state index in [1.807, 2.05) is 70.2 Å². The third-order valence-electron chi connectivity index (χ3n) is 8.36. The number of carbonyl (C=O) groups is 2. The molecule has 1 heterocycles. The zero-order chi connectivity index (χ0) is 33.9. The molecule has 1 aliphatic heterocycles. The number of carbonyl (C=O) groups excluding carboxylic acids is 2. The van der Waals surface area contributed by atoms with Gasteiger partial charge in [-0.15, -0.1) is 0 Å². The fraction of sp³-hybridized carbons (Fsp3) is 0.459. The SMILES string of the molecule is Cc1ccc(C(C)(C)NC(=O)[C@@H]2CN(C(=O)OC(C)(C)C)[C@H](CO[Si](c3ccccc3)(c3ccccc3)C(C)(C)C)CO2)c(F)c1. The van der Waals surface area contributed by atoms with Gasteiger partial charge < -0.3 is 19.2 Å². The van der Waals surface area contributed by atoms with E-state index >= 15 is 0 Å². The lowest BCUT2D eigenvalue weighted by atomic mass is 9.92. The second-order valence-corrected chi connectivity index (χ2v) is 19.0. The molecule has 1 saturated heterocycles. The summed E-state index contributed by atoms with van der Waals surface area (Å²) in [5.74, 6) is -0.837. The fourth-order valence-corrected chi connectivity index (χ4v) is 10.7. The monoisotopic (exact) mass is 648 g/mol. The predicted octanol–water partition coefficient (Wildman–Crippen LogP) is 6.07. The molecular formula is C37H49FN2O5Si. The van der Waals surface area contributed by atoms with Crippen molar-refractivity contribution in [2.24, 2.45) is 0 Å². The first kappa shape index (κ1) is 35.3. The molecule has 1 aliphatic rings. The molecule has 0 spiro atoms. The Morgan fingerprint density at radius 3 is 1.98 bits per heavy atom. The van der Waals surface area contributed by atoms with Crippen molar-refractivity contribution in [3.8, 4) is 0 Å². The largest absolute Gasteiger partial charge is 0.444 e. The van der Waals surface area contributed by atoms with E-state index in [1.54, 1.807) is 24.8 Å². The minimum absolute atomic E-state index is 0.0397. The molecule has 46 heavy (non-hydrogen) atoms. The highest BCUT2D eigenvalue weighted by Gasteiger charge is 2.51. The molecule has 0 unspecified atom stereocenters. The van der Waals surface area contributed by atoms with E-state index in [-0.39, 0.29) is 24.8 Å². The quantitative estimate of drug-likeness (QED) is 0.301. The number of nitrogens with one attached hydrogen (secondary N) is 1. The number of morpholine rings is 1. The van der Waals surface area contributed by atoms with Gasteiger partial charge in [-0.2, -0.15) is 0 Å². The minimum Gasteiger partial charge on any atom is -0.444 e. The van der Waals surface area contributed by atoms with Crippen molar-refractivity contribution < 1.29 is 27.9 Å². The maximum Gasteiger partial charge on any atom is 0.410 e. The van der Waals surface area contributed by atoms with Gasteiger partial charge in [-0.3, -0.25) is 9.69 Å². The summed E-state index contributed by atoms with van der Waals surface area (Å²) in [6.45, 7) is 17.5. The maximum atomic E-state index is 14.9. The zero-order valence-electron chi connectivity index (χ0n) is 28.6. The van der Waals surface area contributed by atoms with Crippen LogP contribution in [0.15, 0.2) is 78.9 Å². The Bertz CT molecular complexity index is 1460. The molecule has 3 aromatic carbocycles. The molecule has 0 saturated carbocycles. The van der Waals surface area contributed by atoms with Crippen LogP contribution in [0.1, 0.15) is 66.5 Å². The highest BCUT2D eigenvalue weighted by molar-refractivity contribution is 6.99. The molecular weight excluding hydrogens is 600 g/mol. The van der Waals surface area contributed by atoms with Crippen molar-refractivity contribution in [2.45, 2.75) is 90.6 Å². The predicted molar refractivity (Wildman–Crippen MR) is 182 cm³/mol. The van der Waals surface area contributed by atoms with E-state index in [1.165, 1.54) is 6.07 Å². The average Bonchev–Trinajstić information content (AvgIpc) is 2.96. The van der Waals surface area contributed by atoms with Crippen LogP contribution in [-0.2, 0) is 24.2 Å². The first-order chi connectivity index (χ1) is 21.4. The van der Waals surface area contributed by atoms with Crippen molar-refractivity contribution in [3.63, 3.8) is 0 Å². The standard InChI is InChI=1S/C37H49FN2O5Si/c1-26-20-21-30(31(38)22-26)37(8,9)39-33(41)32-23-40(34(42)45-35(2,3)4)27(24-43-32)25-44-46(36(5,6)7,28-16-12-10-13-17-28)29-18-14-11-15-19-29/h10-22,27,32H,23-25H2,1-9H3,(H,39,41)/t27-,32-/m0/s1. The van der Waals surface area contributed by atoms with Gasteiger partial charge in [0.15, 0.2) is 6.10 Å². The van der Waals surface area contributed by atoms with Gasteiger partial charge in [-0.05, 0) is 68.6 Å². The van der Waals surface area contributed by atoms with Gasteiger partial charge in [0.1, 0.15) is 11.4 Å². The lowest BCUT2D eigenvalue weighted by Crippen LogP contribution is -2.68. The number of hydrogen-bond acceptors (Lipinski definition) is 5. The van der Waals surface area contributed by atoms with Gasteiger partial charge in [0.2, 0.25) is 0 Å². The van der Waals surface area contributed by atoms with Crippen LogP contribution in [0.2, 0.25) is 5.04 Å². The van der Waals surface area contributed by atoms with Gasteiger partial charge >= 0.3 is 6.09 Å². The minimum atomic E-state index is -2.91. The van der Waals surface area contributed by atoms with Gasteiger partial charge in [-0.25, -0.2) is 9.18 Å². The maximum absolute atomic E-state index is 14.9. The Hall–Kier alpha value is -3.53. The van der Waals surface area contributed by atoms with Crippen LogP contribution in [0.4, 0.5) is 9.18 Å². The molecule has 3 aromatic rings. The number of rotatable bonds is 8. The van der Waals surface area contributed by atoms with Gasteiger partial charge in [-0.1, -0.05) is 93.6 Å². The highest BCUT2D eigenvalue weighted by atomic mass is 28.4. The molecule has 1 fully saturated rings. The molecule has 0 radical (unpaired) electrons. The summed E-state index contributed by atoms with van der Waals surface area (Å²) in [7, 11) is -2.91. The van der Waals surface area contributed by atoms with E-state index in [2.05, 4.69) is 50.4 Å². The Labute approximate surface area is 274 Å². The van der Waals surface area contributed by atoms with Crippen LogP contribution in [0.3, 0.4) is 0 Å².